The van der Waals surface area contributed by atoms with Crippen LogP contribution in [-0.2, 0) is 6.54 Å². The van der Waals surface area contributed by atoms with Gasteiger partial charge in [-0.1, -0.05) is 0 Å². The molecule has 2 aliphatic heterocycles. The van der Waals surface area contributed by atoms with Gasteiger partial charge in [0, 0.05) is 56.7 Å². The minimum Gasteiger partial charge on any atom is -0.314 e. The second-order valence-electron chi connectivity index (χ2n) is 5.63. The van der Waals surface area contributed by atoms with Crippen LogP contribution in [0.4, 0.5) is 0 Å². The summed E-state index contributed by atoms with van der Waals surface area (Å²) in [6.45, 7) is 10.6. The van der Waals surface area contributed by atoms with Gasteiger partial charge in [-0.05, 0) is 40.9 Å². The first-order valence-corrected chi connectivity index (χ1v) is 8.75. The maximum absolute atomic E-state index is 3.62. The fourth-order valence-electron chi connectivity index (χ4n) is 3.12. The summed E-state index contributed by atoms with van der Waals surface area (Å²) in [6.07, 6.45) is 1.34. The van der Waals surface area contributed by atoms with Crippen molar-refractivity contribution in [3.63, 3.8) is 0 Å². The molecule has 2 aliphatic rings. The average Bonchev–Trinajstić information content (AvgIpc) is 2.99. The van der Waals surface area contributed by atoms with Crippen LogP contribution in [0.3, 0.4) is 0 Å². The highest BCUT2D eigenvalue weighted by atomic mass is 79.9. The molecule has 1 unspecified atom stereocenters. The van der Waals surface area contributed by atoms with Crippen LogP contribution in [-0.4, -0.2) is 55.1 Å². The predicted octanol–water partition coefficient (Wildman–Crippen LogP) is 2.30. The van der Waals surface area contributed by atoms with Crippen molar-refractivity contribution < 1.29 is 0 Å². The van der Waals surface area contributed by atoms with Crippen molar-refractivity contribution in [3.8, 4) is 0 Å². The van der Waals surface area contributed by atoms with Gasteiger partial charge in [0.15, 0.2) is 0 Å². The van der Waals surface area contributed by atoms with E-state index in [2.05, 4.69) is 44.0 Å². The van der Waals surface area contributed by atoms with Crippen LogP contribution in [0.1, 0.15) is 16.9 Å². The fraction of sp³-hybridized carbons (Fsp3) is 0.714. The van der Waals surface area contributed by atoms with E-state index in [9.17, 15) is 0 Å². The van der Waals surface area contributed by atoms with E-state index in [0.717, 1.165) is 25.7 Å². The highest BCUT2D eigenvalue weighted by Crippen LogP contribution is 2.29. The zero-order chi connectivity index (χ0) is 13.2. The van der Waals surface area contributed by atoms with E-state index in [4.69, 9.17) is 0 Å². The summed E-state index contributed by atoms with van der Waals surface area (Å²) in [5.41, 5.74) is 1.37. The molecule has 19 heavy (non-hydrogen) atoms. The summed E-state index contributed by atoms with van der Waals surface area (Å²) < 4.78 is 1.29. The Balaban J connectivity index is 1.53. The Morgan fingerprint density at radius 1 is 1.37 bits per heavy atom. The van der Waals surface area contributed by atoms with Gasteiger partial charge in [0.25, 0.3) is 0 Å². The molecule has 2 fully saturated rings. The Bertz CT molecular complexity index is 409. The van der Waals surface area contributed by atoms with Crippen molar-refractivity contribution in [2.45, 2.75) is 25.9 Å². The highest BCUT2D eigenvalue weighted by Gasteiger charge is 2.28. The monoisotopic (exact) mass is 343 g/mol. The lowest BCUT2D eigenvalue weighted by atomic mass is 10.2. The van der Waals surface area contributed by atoms with Crippen LogP contribution in [0.2, 0.25) is 0 Å². The van der Waals surface area contributed by atoms with E-state index >= 15 is 0 Å². The number of hydrogen-bond donors (Lipinski definition) is 1. The van der Waals surface area contributed by atoms with Crippen molar-refractivity contribution in [3.05, 3.63) is 20.3 Å². The molecule has 0 radical (unpaired) electrons. The standard InChI is InChI=1S/C14H22BrN3S/c1-11-8-13(19-14(11)15)10-17-5-2-12(9-17)18-6-3-16-4-7-18/h8,12,16H,2-7,9-10H2,1H3. The lowest BCUT2D eigenvalue weighted by Crippen LogP contribution is -2.49. The SMILES string of the molecule is Cc1cc(CN2CCC(N3CCNCC3)C2)sc1Br. The maximum atomic E-state index is 3.62. The van der Waals surface area contributed by atoms with Crippen molar-refractivity contribution in [2.75, 3.05) is 39.3 Å². The largest absolute Gasteiger partial charge is 0.314 e. The molecule has 5 heteroatoms. The van der Waals surface area contributed by atoms with Crippen molar-refractivity contribution >= 4 is 27.3 Å². The molecule has 0 aliphatic carbocycles. The minimum atomic E-state index is 0.784. The zero-order valence-electron chi connectivity index (χ0n) is 11.5. The van der Waals surface area contributed by atoms with Crippen molar-refractivity contribution in [2.24, 2.45) is 0 Å². The molecule has 0 aromatic carbocycles. The molecule has 0 saturated carbocycles. The predicted molar refractivity (Wildman–Crippen MR) is 84.9 cm³/mol. The molecular formula is C14H22BrN3S. The Kier molecular flexibility index (Phi) is 4.59. The van der Waals surface area contributed by atoms with Gasteiger partial charge in [-0.2, -0.15) is 0 Å². The number of hydrogen-bond acceptors (Lipinski definition) is 4. The molecule has 3 nitrogen and oxygen atoms in total. The minimum absolute atomic E-state index is 0.784. The van der Waals surface area contributed by atoms with Gasteiger partial charge in [0.2, 0.25) is 0 Å². The molecule has 2 saturated heterocycles. The molecule has 1 aromatic heterocycles. The third-order valence-corrected chi connectivity index (χ3v) is 6.32. The van der Waals surface area contributed by atoms with Gasteiger partial charge >= 0.3 is 0 Å². The number of thiophene rings is 1. The quantitative estimate of drug-likeness (QED) is 0.908. The first-order chi connectivity index (χ1) is 9.22. The van der Waals surface area contributed by atoms with Gasteiger partial charge in [-0.3, -0.25) is 9.80 Å². The second-order valence-corrected chi connectivity index (χ2v) is 8.09. The Morgan fingerprint density at radius 2 is 2.16 bits per heavy atom. The summed E-state index contributed by atoms with van der Waals surface area (Å²) in [5.74, 6) is 0. The van der Waals surface area contributed by atoms with Gasteiger partial charge in [0.1, 0.15) is 0 Å². The fourth-order valence-corrected chi connectivity index (χ4v) is 4.79. The Labute approximate surface area is 128 Å². The Morgan fingerprint density at radius 3 is 2.84 bits per heavy atom. The zero-order valence-corrected chi connectivity index (χ0v) is 13.9. The number of nitrogens with zero attached hydrogens (tertiary/aromatic N) is 2. The molecule has 1 atom stereocenters. The van der Waals surface area contributed by atoms with Gasteiger partial charge < -0.3 is 5.32 Å². The van der Waals surface area contributed by atoms with E-state index in [0.29, 0.717) is 0 Å². The van der Waals surface area contributed by atoms with Crippen LogP contribution in [0, 0.1) is 6.92 Å². The molecule has 3 rings (SSSR count). The molecule has 1 N–H and O–H groups in total. The van der Waals surface area contributed by atoms with E-state index < -0.39 is 0 Å². The molecule has 0 bridgehead atoms. The van der Waals surface area contributed by atoms with Crippen molar-refractivity contribution in [1.82, 2.24) is 15.1 Å². The number of piperazine rings is 1. The first kappa shape index (κ1) is 14.0. The molecule has 106 valence electrons. The van der Waals surface area contributed by atoms with E-state index in [1.807, 2.05) is 11.3 Å². The summed E-state index contributed by atoms with van der Waals surface area (Å²) in [5, 5.41) is 3.44. The third kappa shape index (κ3) is 3.39. The van der Waals surface area contributed by atoms with Crippen LogP contribution in [0.25, 0.3) is 0 Å². The molecular weight excluding hydrogens is 322 g/mol. The molecule has 3 heterocycles. The molecule has 0 spiro atoms. The summed E-state index contributed by atoms with van der Waals surface area (Å²) in [4.78, 5) is 6.78. The molecule has 0 amide bonds. The third-order valence-electron chi connectivity index (χ3n) is 4.20. The van der Waals surface area contributed by atoms with Crippen molar-refractivity contribution in [1.29, 1.82) is 0 Å². The van der Waals surface area contributed by atoms with E-state index in [1.54, 1.807) is 0 Å². The molecule has 1 aromatic rings. The van der Waals surface area contributed by atoms with Crippen LogP contribution in [0.5, 0.6) is 0 Å². The number of halogens is 1. The van der Waals surface area contributed by atoms with Gasteiger partial charge in [-0.25, -0.2) is 0 Å². The van der Waals surface area contributed by atoms with Crippen LogP contribution < -0.4 is 5.32 Å². The first-order valence-electron chi connectivity index (χ1n) is 7.14. The Hall–Kier alpha value is 0.0600. The number of aryl methyl sites for hydroxylation is 1. The summed E-state index contributed by atoms with van der Waals surface area (Å²) in [7, 11) is 0. The van der Waals surface area contributed by atoms with Crippen LogP contribution >= 0.6 is 27.3 Å². The average molecular weight is 344 g/mol. The maximum Gasteiger partial charge on any atom is 0.0730 e. The van der Waals surface area contributed by atoms with Crippen LogP contribution in [0.15, 0.2) is 9.85 Å². The number of nitrogens with one attached hydrogen (secondary N) is 1. The van der Waals surface area contributed by atoms with Gasteiger partial charge in [0.05, 0.1) is 3.79 Å². The number of rotatable bonds is 3. The summed E-state index contributed by atoms with van der Waals surface area (Å²) >= 11 is 5.51. The lowest BCUT2D eigenvalue weighted by molar-refractivity contribution is 0.170. The van der Waals surface area contributed by atoms with Gasteiger partial charge in [-0.15, -0.1) is 11.3 Å². The summed E-state index contributed by atoms with van der Waals surface area (Å²) in [6, 6.07) is 3.11. The van der Waals surface area contributed by atoms with E-state index in [-0.39, 0.29) is 0 Å². The smallest absolute Gasteiger partial charge is 0.0730 e. The number of likely N-dealkylation sites (tertiary alicyclic amines) is 1. The highest BCUT2D eigenvalue weighted by molar-refractivity contribution is 9.11. The lowest BCUT2D eigenvalue weighted by Gasteiger charge is -2.32. The second kappa shape index (κ2) is 6.22. The van der Waals surface area contributed by atoms with E-state index in [1.165, 1.54) is 46.8 Å². The normalized spacial score (nSPS) is 26.1. The topological polar surface area (TPSA) is 18.5 Å².